The number of carbonyl (C=O) groups is 2. The number of nitrogens with zero attached hydrogens (tertiary/aromatic N) is 2. The van der Waals surface area contributed by atoms with Crippen molar-refractivity contribution in [2.24, 2.45) is 5.73 Å². The quantitative estimate of drug-likeness (QED) is 0.789. The Kier molecular flexibility index (Phi) is 4.99. The molecule has 6 nitrogen and oxygen atoms in total. The number of likely N-dealkylation sites (tertiary alicyclic amines) is 1. The van der Waals surface area contributed by atoms with Crippen molar-refractivity contribution in [1.29, 1.82) is 0 Å². The number of ether oxygens (including phenoxy) is 1. The molecule has 2 heterocycles. The Morgan fingerprint density at radius 2 is 1.80 bits per heavy atom. The lowest BCUT2D eigenvalue weighted by Crippen LogP contribution is -2.59. The third-order valence-electron chi connectivity index (χ3n) is 4.21. The van der Waals surface area contributed by atoms with Crippen LogP contribution in [0.2, 0.25) is 0 Å². The van der Waals surface area contributed by atoms with Gasteiger partial charge in [-0.1, -0.05) is 12.8 Å². The maximum absolute atomic E-state index is 12.4. The van der Waals surface area contributed by atoms with Gasteiger partial charge in [0.2, 0.25) is 5.91 Å². The lowest BCUT2D eigenvalue weighted by Gasteiger charge is -2.39. The normalized spacial score (nSPS) is 28.9. The maximum atomic E-state index is 12.4. The molecule has 0 radical (unpaired) electrons. The van der Waals surface area contributed by atoms with Crippen LogP contribution < -0.4 is 5.73 Å². The fourth-order valence-corrected chi connectivity index (χ4v) is 2.82. The van der Waals surface area contributed by atoms with Crippen molar-refractivity contribution in [2.75, 3.05) is 39.3 Å². The Hall–Kier alpha value is -1.14. The van der Waals surface area contributed by atoms with E-state index in [0.717, 1.165) is 25.9 Å². The molecule has 2 aliphatic heterocycles. The summed E-state index contributed by atoms with van der Waals surface area (Å²) in [6.07, 6.45) is 4.83. The predicted octanol–water partition coefficient (Wildman–Crippen LogP) is -0.0348. The van der Waals surface area contributed by atoms with Crippen LogP contribution in [-0.4, -0.2) is 66.5 Å². The smallest absolute Gasteiger partial charge is 0.251 e. The van der Waals surface area contributed by atoms with Gasteiger partial charge in [0, 0.05) is 6.54 Å². The number of primary amides is 1. The average molecular weight is 283 g/mol. The van der Waals surface area contributed by atoms with Crippen molar-refractivity contribution < 1.29 is 14.3 Å². The molecule has 20 heavy (non-hydrogen) atoms. The zero-order chi connectivity index (χ0) is 14.6. The molecule has 1 atom stereocenters. The second kappa shape index (κ2) is 6.54. The Labute approximate surface area is 120 Å². The number of hydrogen-bond donors (Lipinski definition) is 1. The number of hydrogen-bond acceptors (Lipinski definition) is 4. The molecule has 0 aliphatic carbocycles. The molecule has 0 aromatic rings. The SMILES string of the molecule is C[C@@]1(C(N)=O)CN(C(=O)CN2CCCCCC2)CCO1. The summed E-state index contributed by atoms with van der Waals surface area (Å²) in [5.74, 6) is -0.438. The van der Waals surface area contributed by atoms with Crippen molar-refractivity contribution in [3.05, 3.63) is 0 Å². The van der Waals surface area contributed by atoms with Gasteiger partial charge in [0.1, 0.15) is 0 Å². The van der Waals surface area contributed by atoms with Crippen molar-refractivity contribution in [2.45, 2.75) is 38.2 Å². The summed E-state index contributed by atoms with van der Waals surface area (Å²) >= 11 is 0. The number of carbonyl (C=O) groups excluding carboxylic acids is 2. The van der Waals surface area contributed by atoms with Crippen LogP contribution in [0.1, 0.15) is 32.6 Å². The van der Waals surface area contributed by atoms with Gasteiger partial charge in [-0.25, -0.2) is 0 Å². The minimum atomic E-state index is -1.05. The highest BCUT2D eigenvalue weighted by Gasteiger charge is 2.39. The van der Waals surface area contributed by atoms with Gasteiger partial charge in [0.05, 0.1) is 19.7 Å². The first-order valence-electron chi connectivity index (χ1n) is 7.45. The number of morpholine rings is 1. The molecular weight excluding hydrogens is 258 g/mol. The first-order valence-corrected chi connectivity index (χ1v) is 7.45. The molecule has 0 aromatic heterocycles. The lowest BCUT2D eigenvalue weighted by molar-refractivity contribution is -0.160. The van der Waals surface area contributed by atoms with E-state index in [9.17, 15) is 9.59 Å². The molecule has 0 spiro atoms. The van der Waals surface area contributed by atoms with E-state index in [1.165, 1.54) is 12.8 Å². The van der Waals surface area contributed by atoms with E-state index in [1.807, 2.05) is 0 Å². The van der Waals surface area contributed by atoms with Gasteiger partial charge in [0.15, 0.2) is 5.60 Å². The van der Waals surface area contributed by atoms with E-state index in [4.69, 9.17) is 10.5 Å². The van der Waals surface area contributed by atoms with Crippen LogP contribution in [-0.2, 0) is 14.3 Å². The fourth-order valence-electron chi connectivity index (χ4n) is 2.82. The molecule has 0 unspecified atom stereocenters. The average Bonchev–Trinajstić information content (AvgIpc) is 2.67. The van der Waals surface area contributed by atoms with E-state index in [0.29, 0.717) is 19.7 Å². The van der Waals surface area contributed by atoms with Crippen molar-refractivity contribution in [1.82, 2.24) is 9.80 Å². The van der Waals surface area contributed by atoms with Gasteiger partial charge < -0.3 is 15.4 Å². The van der Waals surface area contributed by atoms with Gasteiger partial charge in [-0.05, 0) is 32.9 Å². The molecule has 0 saturated carbocycles. The summed E-state index contributed by atoms with van der Waals surface area (Å²) in [7, 11) is 0. The van der Waals surface area contributed by atoms with Crippen LogP contribution in [0.3, 0.4) is 0 Å². The molecule has 0 bridgehead atoms. The standard InChI is InChI=1S/C14H25N3O3/c1-14(13(15)19)11-17(8-9-20-14)12(18)10-16-6-4-2-3-5-7-16/h2-11H2,1H3,(H2,15,19)/t14-/m0/s1. The number of nitrogens with two attached hydrogens (primary N) is 1. The zero-order valence-electron chi connectivity index (χ0n) is 12.3. The first kappa shape index (κ1) is 15.3. The maximum Gasteiger partial charge on any atom is 0.251 e. The largest absolute Gasteiger partial charge is 0.367 e. The summed E-state index contributed by atoms with van der Waals surface area (Å²) in [6.45, 7) is 5.23. The van der Waals surface area contributed by atoms with Crippen LogP contribution in [0, 0.1) is 0 Å². The Morgan fingerprint density at radius 1 is 1.15 bits per heavy atom. The summed E-state index contributed by atoms with van der Waals surface area (Å²) in [4.78, 5) is 27.7. The summed E-state index contributed by atoms with van der Waals surface area (Å²) < 4.78 is 5.44. The predicted molar refractivity (Wildman–Crippen MR) is 75.0 cm³/mol. The van der Waals surface area contributed by atoms with Gasteiger partial charge in [-0.3, -0.25) is 14.5 Å². The van der Waals surface area contributed by atoms with E-state index in [1.54, 1.807) is 11.8 Å². The van der Waals surface area contributed by atoms with Crippen LogP contribution in [0.4, 0.5) is 0 Å². The lowest BCUT2D eigenvalue weighted by atomic mass is 10.0. The van der Waals surface area contributed by atoms with Gasteiger partial charge >= 0.3 is 0 Å². The molecule has 2 saturated heterocycles. The molecule has 2 aliphatic rings. The summed E-state index contributed by atoms with van der Waals surface area (Å²) in [6, 6.07) is 0. The van der Waals surface area contributed by atoms with Gasteiger partial charge in [0.25, 0.3) is 5.91 Å². The highest BCUT2D eigenvalue weighted by Crippen LogP contribution is 2.18. The molecule has 6 heteroatoms. The Bertz CT molecular complexity index is 367. The van der Waals surface area contributed by atoms with Crippen LogP contribution in [0.5, 0.6) is 0 Å². The Balaban J connectivity index is 1.89. The minimum Gasteiger partial charge on any atom is -0.367 e. The molecule has 2 N–H and O–H groups in total. The summed E-state index contributed by atoms with van der Waals surface area (Å²) in [5, 5.41) is 0. The molecule has 114 valence electrons. The Morgan fingerprint density at radius 3 is 2.40 bits per heavy atom. The number of amides is 2. The third kappa shape index (κ3) is 3.70. The van der Waals surface area contributed by atoms with E-state index < -0.39 is 11.5 Å². The van der Waals surface area contributed by atoms with E-state index in [2.05, 4.69) is 4.90 Å². The second-order valence-corrected chi connectivity index (χ2v) is 5.95. The molecular formula is C14H25N3O3. The molecule has 2 amide bonds. The monoisotopic (exact) mass is 283 g/mol. The second-order valence-electron chi connectivity index (χ2n) is 5.95. The van der Waals surface area contributed by atoms with Crippen molar-refractivity contribution >= 4 is 11.8 Å². The van der Waals surface area contributed by atoms with Crippen molar-refractivity contribution in [3.63, 3.8) is 0 Å². The van der Waals surface area contributed by atoms with E-state index >= 15 is 0 Å². The van der Waals surface area contributed by atoms with Gasteiger partial charge in [-0.15, -0.1) is 0 Å². The fraction of sp³-hybridized carbons (Fsp3) is 0.857. The highest BCUT2D eigenvalue weighted by molar-refractivity contribution is 5.85. The zero-order valence-corrected chi connectivity index (χ0v) is 12.3. The highest BCUT2D eigenvalue weighted by atomic mass is 16.5. The summed E-state index contributed by atoms with van der Waals surface area (Å²) in [5.41, 5.74) is 4.31. The molecule has 2 rings (SSSR count). The third-order valence-corrected chi connectivity index (χ3v) is 4.21. The molecule has 2 fully saturated rings. The minimum absolute atomic E-state index is 0.0719. The number of rotatable bonds is 3. The topological polar surface area (TPSA) is 75.9 Å². The van der Waals surface area contributed by atoms with Crippen LogP contribution in [0.15, 0.2) is 0 Å². The van der Waals surface area contributed by atoms with Crippen LogP contribution >= 0.6 is 0 Å². The van der Waals surface area contributed by atoms with Crippen LogP contribution in [0.25, 0.3) is 0 Å². The van der Waals surface area contributed by atoms with Gasteiger partial charge in [-0.2, -0.15) is 0 Å². The van der Waals surface area contributed by atoms with Crippen molar-refractivity contribution in [3.8, 4) is 0 Å². The first-order chi connectivity index (χ1) is 9.51. The van der Waals surface area contributed by atoms with E-state index in [-0.39, 0.29) is 12.5 Å². The molecule has 0 aromatic carbocycles.